The summed E-state index contributed by atoms with van der Waals surface area (Å²) in [7, 11) is 0. The van der Waals surface area contributed by atoms with Gasteiger partial charge in [0.25, 0.3) is 5.91 Å². The van der Waals surface area contributed by atoms with Crippen LogP contribution in [0.5, 0.6) is 0 Å². The molecule has 0 aromatic heterocycles. The number of rotatable bonds is 8. The first-order valence-electron chi connectivity index (χ1n) is 9.40. The molecule has 0 aliphatic carbocycles. The van der Waals surface area contributed by atoms with E-state index < -0.39 is 34.8 Å². The standard InChI is InChI=1S/C18H29N5O6/c1-17(2,28)13(8-19)21-11-7-12(23(9-11)10-24)16(27)22-18(14(25)15(20)26)3-5-29-6-4-18/h8,10-12,21,28H,3-7,9,19H2,1-2H3,(H2,20,26)(H,22,27)/b13-8-. The normalized spacial score (nSPS) is 24.7. The molecule has 0 bridgehead atoms. The Balaban J connectivity index is 2.15. The van der Waals surface area contributed by atoms with Crippen LogP contribution in [0.2, 0.25) is 0 Å². The number of likely N-dealkylation sites (tertiary alicyclic amines) is 1. The number of carbonyl (C=O) groups is 4. The highest BCUT2D eigenvalue weighted by Gasteiger charge is 2.46. The van der Waals surface area contributed by atoms with Crippen LogP contribution in [0, 0.1) is 0 Å². The van der Waals surface area contributed by atoms with Gasteiger partial charge in [0.05, 0.1) is 11.3 Å². The van der Waals surface area contributed by atoms with Gasteiger partial charge in [-0.1, -0.05) is 0 Å². The molecule has 0 saturated carbocycles. The lowest BCUT2D eigenvalue weighted by molar-refractivity contribution is -0.145. The monoisotopic (exact) mass is 411 g/mol. The van der Waals surface area contributed by atoms with Crippen LogP contribution in [-0.4, -0.2) is 77.0 Å². The van der Waals surface area contributed by atoms with Crippen molar-refractivity contribution in [3.05, 3.63) is 11.9 Å². The maximum atomic E-state index is 12.9. The summed E-state index contributed by atoms with van der Waals surface area (Å²) in [6.07, 6.45) is 2.26. The van der Waals surface area contributed by atoms with Crippen LogP contribution >= 0.6 is 0 Å². The number of ether oxygens (including phenoxy) is 1. The molecule has 0 radical (unpaired) electrons. The highest BCUT2D eigenvalue weighted by atomic mass is 16.5. The largest absolute Gasteiger partial charge is 0.403 e. The molecule has 0 spiro atoms. The second-order valence-electron chi connectivity index (χ2n) is 7.91. The molecule has 2 unspecified atom stereocenters. The lowest BCUT2D eigenvalue weighted by Crippen LogP contribution is -2.63. The van der Waals surface area contributed by atoms with Crippen molar-refractivity contribution < 1.29 is 29.0 Å². The van der Waals surface area contributed by atoms with E-state index in [9.17, 15) is 24.3 Å². The molecule has 11 nitrogen and oxygen atoms in total. The Morgan fingerprint density at radius 1 is 1.28 bits per heavy atom. The molecule has 2 rings (SSSR count). The van der Waals surface area contributed by atoms with Gasteiger partial charge in [0.2, 0.25) is 18.1 Å². The second-order valence-corrected chi connectivity index (χ2v) is 7.91. The Bertz CT molecular complexity index is 695. The molecular weight excluding hydrogens is 382 g/mol. The first-order valence-corrected chi connectivity index (χ1v) is 9.40. The number of carbonyl (C=O) groups excluding carboxylic acids is 4. The fourth-order valence-electron chi connectivity index (χ4n) is 3.67. The summed E-state index contributed by atoms with van der Waals surface area (Å²) < 4.78 is 5.24. The summed E-state index contributed by atoms with van der Waals surface area (Å²) >= 11 is 0. The van der Waals surface area contributed by atoms with E-state index in [1.165, 1.54) is 11.1 Å². The molecule has 3 amide bonds. The van der Waals surface area contributed by atoms with Crippen LogP contribution in [-0.2, 0) is 23.9 Å². The topological polar surface area (TPSA) is 177 Å². The second kappa shape index (κ2) is 8.78. The first-order chi connectivity index (χ1) is 13.5. The van der Waals surface area contributed by atoms with Crippen molar-refractivity contribution >= 4 is 24.0 Å². The fraction of sp³-hybridized carbons (Fsp3) is 0.667. The molecule has 7 N–H and O–H groups in total. The maximum absolute atomic E-state index is 12.9. The summed E-state index contributed by atoms with van der Waals surface area (Å²) in [4.78, 5) is 49.6. The Morgan fingerprint density at radius 2 is 1.90 bits per heavy atom. The minimum absolute atomic E-state index is 0.120. The molecule has 2 atom stereocenters. The van der Waals surface area contributed by atoms with E-state index in [0.29, 0.717) is 12.1 Å². The summed E-state index contributed by atoms with van der Waals surface area (Å²) in [5.74, 6) is -2.57. The lowest BCUT2D eigenvalue weighted by Gasteiger charge is -2.36. The Morgan fingerprint density at radius 3 is 2.38 bits per heavy atom. The van der Waals surface area contributed by atoms with Crippen molar-refractivity contribution in [2.45, 2.75) is 56.3 Å². The number of hydrogen-bond acceptors (Lipinski definition) is 8. The average Bonchev–Trinajstić information content (AvgIpc) is 3.08. The van der Waals surface area contributed by atoms with Gasteiger partial charge in [-0.3, -0.25) is 19.2 Å². The number of nitrogens with two attached hydrogens (primary N) is 2. The summed E-state index contributed by atoms with van der Waals surface area (Å²) in [6.45, 7) is 3.71. The molecule has 2 aliphatic rings. The molecule has 2 fully saturated rings. The van der Waals surface area contributed by atoms with Crippen molar-refractivity contribution in [1.82, 2.24) is 15.5 Å². The number of Topliss-reactive ketones (excluding diaryl/α,β-unsaturated/α-hetero) is 1. The van der Waals surface area contributed by atoms with Gasteiger partial charge in [0, 0.05) is 44.8 Å². The molecule has 2 heterocycles. The predicted molar refractivity (Wildman–Crippen MR) is 102 cm³/mol. The maximum Gasteiger partial charge on any atom is 0.287 e. The Kier molecular flexibility index (Phi) is 6.85. The van der Waals surface area contributed by atoms with Crippen molar-refractivity contribution in [1.29, 1.82) is 0 Å². The number of primary amides is 1. The Hall–Kier alpha value is -2.66. The number of aliphatic hydroxyl groups is 1. The molecule has 0 aromatic carbocycles. The molecular formula is C18H29N5O6. The smallest absolute Gasteiger partial charge is 0.287 e. The zero-order valence-corrected chi connectivity index (χ0v) is 16.6. The zero-order chi connectivity index (χ0) is 21.8. The Labute approximate surface area is 168 Å². The molecule has 11 heteroatoms. The molecule has 0 aromatic rings. The summed E-state index contributed by atoms with van der Waals surface area (Å²) in [6, 6.07) is -1.19. The van der Waals surface area contributed by atoms with E-state index in [-0.39, 0.29) is 45.1 Å². The van der Waals surface area contributed by atoms with Gasteiger partial charge in [0.1, 0.15) is 11.6 Å². The van der Waals surface area contributed by atoms with E-state index in [1.807, 2.05) is 0 Å². The van der Waals surface area contributed by atoms with Crippen molar-refractivity contribution in [2.75, 3.05) is 19.8 Å². The first kappa shape index (κ1) is 22.6. The van der Waals surface area contributed by atoms with Crippen LogP contribution in [0.4, 0.5) is 0 Å². The summed E-state index contributed by atoms with van der Waals surface area (Å²) in [5, 5.41) is 15.8. The number of amides is 3. The third-order valence-corrected chi connectivity index (χ3v) is 5.33. The van der Waals surface area contributed by atoms with Gasteiger partial charge in [-0.25, -0.2) is 0 Å². The fourth-order valence-corrected chi connectivity index (χ4v) is 3.67. The van der Waals surface area contributed by atoms with Crippen LogP contribution in [0.1, 0.15) is 33.1 Å². The quantitative estimate of drug-likeness (QED) is 0.214. The van der Waals surface area contributed by atoms with E-state index >= 15 is 0 Å². The highest BCUT2D eigenvalue weighted by Crippen LogP contribution is 2.25. The number of nitrogens with zero attached hydrogens (tertiary/aromatic N) is 1. The minimum Gasteiger partial charge on any atom is -0.403 e. The van der Waals surface area contributed by atoms with Crippen LogP contribution in [0.15, 0.2) is 11.9 Å². The number of hydrogen-bond donors (Lipinski definition) is 5. The zero-order valence-electron chi connectivity index (χ0n) is 16.6. The SMILES string of the molecule is CC(C)(O)/C(=C/N)NC1CC(C(=O)NC2(C(=O)C(N)=O)CCOCC2)N(C=O)C1. The molecule has 162 valence electrons. The number of ketones is 1. The van der Waals surface area contributed by atoms with Crippen molar-refractivity contribution in [3.8, 4) is 0 Å². The molecule has 29 heavy (non-hydrogen) atoms. The van der Waals surface area contributed by atoms with E-state index in [1.54, 1.807) is 13.8 Å². The van der Waals surface area contributed by atoms with E-state index in [2.05, 4.69) is 10.6 Å². The van der Waals surface area contributed by atoms with Gasteiger partial charge in [-0.2, -0.15) is 0 Å². The van der Waals surface area contributed by atoms with Gasteiger partial charge in [-0.15, -0.1) is 0 Å². The van der Waals surface area contributed by atoms with Crippen LogP contribution in [0.25, 0.3) is 0 Å². The van der Waals surface area contributed by atoms with Crippen LogP contribution < -0.4 is 22.1 Å². The average molecular weight is 411 g/mol. The highest BCUT2D eigenvalue weighted by molar-refractivity contribution is 6.39. The van der Waals surface area contributed by atoms with Gasteiger partial charge >= 0.3 is 0 Å². The minimum atomic E-state index is -1.43. The number of nitrogens with one attached hydrogen (secondary N) is 2. The lowest BCUT2D eigenvalue weighted by atomic mass is 9.84. The third kappa shape index (κ3) is 5.04. The molecule has 2 aliphatic heterocycles. The van der Waals surface area contributed by atoms with E-state index in [4.69, 9.17) is 16.2 Å². The van der Waals surface area contributed by atoms with Gasteiger partial charge in [0.15, 0.2) is 0 Å². The van der Waals surface area contributed by atoms with Crippen molar-refractivity contribution in [3.63, 3.8) is 0 Å². The van der Waals surface area contributed by atoms with Crippen LogP contribution in [0.3, 0.4) is 0 Å². The van der Waals surface area contributed by atoms with Gasteiger partial charge < -0.3 is 36.8 Å². The predicted octanol–water partition coefficient (Wildman–Crippen LogP) is -2.53. The van der Waals surface area contributed by atoms with Gasteiger partial charge in [-0.05, 0) is 20.3 Å². The summed E-state index contributed by atoms with van der Waals surface area (Å²) in [5.41, 5.74) is 8.44. The molecule has 2 saturated heterocycles. The van der Waals surface area contributed by atoms with E-state index in [0.717, 1.165) is 0 Å². The van der Waals surface area contributed by atoms with Crippen molar-refractivity contribution in [2.24, 2.45) is 11.5 Å². The third-order valence-electron chi connectivity index (χ3n) is 5.33.